The molecule has 0 aliphatic rings. The Bertz CT molecular complexity index is 1630. The molecule has 0 radical (unpaired) electrons. The van der Waals surface area contributed by atoms with Crippen molar-refractivity contribution in [3.05, 3.63) is 71.1 Å². The summed E-state index contributed by atoms with van der Waals surface area (Å²) in [6.07, 6.45) is -6.07. The van der Waals surface area contributed by atoms with Crippen molar-refractivity contribution in [2.75, 3.05) is 20.4 Å². The predicted molar refractivity (Wildman–Crippen MR) is 151 cm³/mol. The molecule has 45 heavy (non-hydrogen) atoms. The van der Waals surface area contributed by atoms with Gasteiger partial charge in [-0.25, -0.2) is 22.6 Å². The van der Waals surface area contributed by atoms with Crippen molar-refractivity contribution in [2.45, 2.75) is 44.8 Å². The Balaban J connectivity index is 1.64. The van der Waals surface area contributed by atoms with Gasteiger partial charge in [0.2, 0.25) is 5.28 Å². The molecule has 0 spiro atoms. The van der Waals surface area contributed by atoms with E-state index in [0.717, 1.165) is 33.5 Å². The second-order valence-corrected chi connectivity index (χ2v) is 11.7. The van der Waals surface area contributed by atoms with Gasteiger partial charge in [0.15, 0.2) is 5.69 Å². The molecule has 244 valence electrons. The van der Waals surface area contributed by atoms with Gasteiger partial charge in [0.25, 0.3) is 16.8 Å². The Kier molecular flexibility index (Phi) is 11.0. The number of carbonyl (C=O) groups is 2. The Hall–Kier alpha value is -4.87. The summed E-state index contributed by atoms with van der Waals surface area (Å²) in [6, 6.07) is 11.5. The van der Waals surface area contributed by atoms with Gasteiger partial charge in [-0.2, -0.15) is 18.3 Å². The molecule has 1 amide bonds. The quantitative estimate of drug-likeness (QED) is 0.0728. The summed E-state index contributed by atoms with van der Waals surface area (Å²) >= 11 is 0. The largest absolute Gasteiger partial charge is 0.569 e. The third kappa shape index (κ3) is 9.31. The molecule has 1 heterocycles. The van der Waals surface area contributed by atoms with Gasteiger partial charge in [0.1, 0.15) is 12.6 Å². The third-order valence-electron chi connectivity index (χ3n) is 6.17. The first-order valence-corrected chi connectivity index (χ1v) is 14.7. The lowest BCUT2D eigenvalue weighted by Gasteiger charge is -2.20. The van der Waals surface area contributed by atoms with Crippen LogP contribution in [0.15, 0.2) is 64.8 Å². The molecule has 14 nitrogen and oxygen atoms in total. The normalized spacial score (nSPS) is 12.9. The number of amides is 1. The molecule has 0 bridgehead atoms. The fraction of sp³-hybridized carbons (Fsp3) is 0.370. The summed E-state index contributed by atoms with van der Waals surface area (Å²) in [5.41, 5.74) is 0.488. The number of hydrogen-bond acceptors (Lipinski definition) is 10. The number of carbonyl (C=O) groups excluding carboxylic acids is 2. The van der Waals surface area contributed by atoms with Crippen molar-refractivity contribution in [3.63, 3.8) is 0 Å². The Morgan fingerprint density at radius 2 is 1.71 bits per heavy atom. The average molecular weight is 657 g/mol. The SMILES string of the molecule is Cc1ccc(-c2cc(C(F)(F)F)nn2-c2ccc(S(=O)(=O)NC(=O)OC[C@H](C)N(C)[N+]([O-])=NOCOC(=O)C(C)C)cc2)cc1. The van der Waals surface area contributed by atoms with Crippen LogP contribution in [0.2, 0.25) is 0 Å². The number of benzene rings is 2. The highest BCUT2D eigenvalue weighted by atomic mass is 32.2. The second-order valence-electron chi connectivity index (χ2n) is 10.0. The number of hydrazine groups is 1. The minimum Gasteiger partial charge on any atom is -0.569 e. The molecule has 2 aromatic carbocycles. The number of likely N-dealkylation sites (N-methyl/N-ethyl adjacent to an activating group) is 1. The van der Waals surface area contributed by atoms with Crippen LogP contribution in [0.1, 0.15) is 32.0 Å². The van der Waals surface area contributed by atoms with E-state index in [1.54, 1.807) is 42.8 Å². The molecular formula is C27H31F3N6O8S. The average Bonchev–Trinajstić information content (AvgIpc) is 3.44. The van der Waals surface area contributed by atoms with E-state index in [-0.39, 0.29) is 21.2 Å². The smallest absolute Gasteiger partial charge is 0.435 e. The molecule has 18 heteroatoms. The third-order valence-corrected chi connectivity index (χ3v) is 7.50. The first kappa shape index (κ1) is 34.6. The highest BCUT2D eigenvalue weighted by Gasteiger charge is 2.35. The number of ether oxygens (including phenoxy) is 2. The molecule has 0 saturated carbocycles. The lowest BCUT2D eigenvalue weighted by atomic mass is 10.1. The van der Waals surface area contributed by atoms with Crippen LogP contribution in [0.4, 0.5) is 18.0 Å². The monoisotopic (exact) mass is 656 g/mol. The van der Waals surface area contributed by atoms with E-state index in [1.165, 1.54) is 26.1 Å². The highest BCUT2D eigenvalue weighted by Crippen LogP contribution is 2.33. The predicted octanol–water partition coefficient (Wildman–Crippen LogP) is 4.57. The minimum atomic E-state index is -4.72. The number of nitrogens with one attached hydrogen (secondary N) is 1. The van der Waals surface area contributed by atoms with E-state index in [1.807, 2.05) is 6.92 Å². The van der Waals surface area contributed by atoms with E-state index in [2.05, 4.69) is 15.2 Å². The first-order chi connectivity index (χ1) is 21.0. The summed E-state index contributed by atoms with van der Waals surface area (Å²) in [5, 5.41) is 19.8. The number of esters is 1. The summed E-state index contributed by atoms with van der Waals surface area (Å²) in [6.45, 7) is 5.46. The number of rotatable bonds is 12. The summed E-state index contributed by atoms with van der Waals surface area (Å²) in [4.78, 5) is 27.8. The zero-order valence-electron chi connectivity index (χ0n) is 24.8. The Morgan fingerprint density at radius 3 is 2.29 bits per heavy atom. The lowest BCUT2D eigenvalue weighted by Crippen LogP contribution is -2.40. The van der Waals surface area contributed by atoms with Gasteiger partial charge in [0, 0.05) is 5.56 Å². The van der Waals surface area contributed by atoms with Crippen LogP contribution in [0, 0.1) is 18.0 Å². The topological polar surface area (TPSA) is 167 Å². The zero-order valence-corrected chi connectivity index (χ0v) is 25.6. The number of aromatic nitrogens is 2. The molecule has 0 unspecified atom stereocenters. The summed E-state index contributed by atoms with van der Waals surface area (Å²) in [5.74, 6) is -0.958. The standard InChI is InChI=1S/C27H31F3N6O8S/c1-17(2)25(37)43-16-44-33-36(39)34(5)19(4)15-42-26(38)32-45(40,41)22-12-10-21(11-13-22)35-23(14-24(31-35)27(28,29)30)20-8-6-18(3)7-9-20/h6-14,17,19H,15-16H2,1-5H3,(H,32,38)/t19-/m0/s1. The molecule has 3 aromatic rings. The molecule has 3 rings (SSSR count). The maximum atomic E-state index is 13.5. The maximum Gasteiger partial charge on any atom is 0.435 e. The van der Waals surface area contributed by atoms with E-state index < -0.39 is 59.3 Å². The van der Waals surface area contributed by atoms with Gasteiger partial charge in [-0.1, -0.05) is 43.7 Å². The number of hydrogen-bond donors (Lipinski definition) is 1. The van der Waals surface area contributed by atoms with Crippen molar-refractivity contribution in [1.82, 2.24) is 19.5 Å². The molecule has 1 atom stereocenters. The van der Waals surface area contributed by atoms with Crippen molar-refractivity contribution < 1.29 is 50.5 Å². The lowest BCUT2D eigenvalue weighted by molar-refractivity contribution is -0.713. The molecular weight excluding hydrogens is 625 g/mol. The highest BCUT2D eigenvalue weighted by molar-refractivity contribution is 7.90. The van der Waals surface area contributed by atoms with Gasteiger partial charge in [-0.3, -0.25) is 4.79 Å². The van der Waals surface area contributed by atoms with E-state index in [9.17, 15) is 36.4 Å². The van der Waals surface area contributed by atoms with Gasteiger partial charge in [-0.05, 0) is 44.2 Å². The van der Waals surface area contributed by atoms with Gasteiger partial charge in [0.05, 0.1) is 34.2 Å². The number of aryl methyl sites for hydroxylation is 1. The fourth-order valence-corrected chi connectivity index (χ4v) is 4.36. The van der Waals surface area contributed by atoms with Gasteiger partial charge < -0.3 is 19.5 Å². The summed E-state index contributed by atoms with van der Waals surface area (Å²) in [7, 11) is -3.17. The molecule has 0 saturated heterocycles. The van der Waals surface area contributed by atoms with Crippen molar-refractivity contribution in [2.24, 2.45) is 11.2 Å². The molecule has 0 aliphatic heterocycles. The maximum absolute atomic E-state index is 13.5. The number of sulfonamides is 1. The van der Waals surface area contributed by atoms with E-state index in [4.69, 9.17) is 9.47 Å². The minimum absolute atomic E-state index is 0.00888. The summed E-state index contributed by atoms with van der Waals surface area (Å²) < 4.78 is 78.3. The first-order valence-electron chi connectivity index (χ1n) is 13.2. The molecule has 1 aromatic heterocycles. The van der Waals surface area contributed by atoms with Crippen LogP contribution in [-0.2, 0) is 35.3 Å². The van der Waals surface area contributed by atoms with E-state index >= 15 is 0 Å². The van der Waals surface area contributed by atoms with Crippen LogP contribution in [-0.4, -0.2) is 66.7 Å². The van der Waals surface area contributed by atoms with Gasteiger partial charge in [-0.15, -0.1) is 5.01 Å². The van der Waals surface area contributed by atoms with Crippen molar-refractivity contribution >= 4 is 22.1 Å². The van der Waals surface area contributed by atoms with Gasteiger partial charge >= 0.3 is 18.2 Å². The number of alkyl halides is 3. The Morgan fingerprint density at radius 1 is 1.09 bits per heavy atom. The van der Waals surface area contributed by atoms with Crippen LogP contribution in [0.3, 0.4) is 0 Å². The van der Waals surface area contributed by atoms with E-state index in [0.29, 0.717) is 5.56 Å². The van der Waals surface area contributed by atoms with Crippen LogP contribution in [0.25, 0.3) is 16.9 Å². The molecule has 0 aliphatic carbocycles. The molecule has 1 N–H and O–H groups in total. The molecule has 0 fully saturated rings. The van der Waals surface area contributed by atoms with Crippen molar-refractivity contribution in [1.29, 1.82) is 0 Å². The zero-order chi connectivity index (χ0) is 33.5. The number of nitrogens with zero attached hydrogens (tertiary/aromatic N) is 5. The number of halogens is 3. The fourth-order valence-electron chi connectivity index (χ4n) is 3.47. The van der Waals surface area contributed by atoms with Crippen LogP contribution < -0.4 is 4.72 Å². The van der Waals surface area contributed by atoms with Crippen LogP contribution >= 0.6 is 0 Å². The second kappa shape index (κ2) is 14.3. The van der Waals surface area contributed by atoms with Crippen molar-refractivity contribution in [3.8, 4) is 16.9 Å². The Labute approximate surface area is 256 Å². The van der Waals surface area contributed by atoms with Crippen LogP contribution in [0.5, 0.6) is 0 Å².